The molecule has 2 unspecified atom stereocenters. The van der Waals surface area contributed by atoms with Gasteiger partial charge in [0.2, 0.25) is 15.9 Å². The summed E-state index contributed by atoms with van der Waals surface area (Å²) in [6.07, 6.45) is 9.64. The highest BCUT2D eigenvalue weighted by atomic mass is 32.2. The lowest BCUT2D eigenvalue weighted by Crippen LogP contribution is -2.46. The van der Waals surface area contributed by atoms with Crippen LogP contribution in [0.3, 0.4) is 0 Å². The number of ether oxygens (including phenoxy) is 1. The Bertz CT molecular complexity index is 1820. The van der Waals surface area contributed by atoms with Crippen molar-refractivity contribution in [2.45, 2.75) is 75.8 Å². The van der Waals surface area contributed by atoms with E-state index in [1.807, 2.05) is 18.2 Å². The number of carbonyl (C=O) groups excluding carboxylic acids is 2. The molecule has 9 rings (SSSR count). The third-order valence-corrected chi connectivity index (χ3v) is 12.0. The number of piperidine rings is 1. The van der Waals surface area contributed by atoms with Gasteiger partial charge in [-0.1, -0.05) is 25.3 Å². The topological polar surface area (TPSA) is 101 Å². The first-order valence-electron chi connectivity index (χ1n) is 16.6. The summed E-state index contributed by atoms with van der Waals surface area (Å²) in [5.41, 5.74) is 5.40. The Balaban J connectivity index is 1.34. The van der Waals surface area contributed by atoms with Gasteiger partial charge in [0.1, 0.15) is 5.75 Å². The molecule has 2 aliphatic carbocycles. The van der Waals surface area contributed by atoms with E-state index in [9.17, 15) is 18.0 Å². The van der Waals surface area contributed by atoms with Crippen molar-refractivity contribution in [1.29, 1.82) is 0 Å². The molecule has 2 bridgehead atoms. The number of benzene rings is 2. The maximum absolute atomic E-state index is 14.9. The molecule has 2 amide bonds. The summed E-state index contributed by atoms with van der Waals surface area (Å²) in [5.74, 6) is 0.876. The van der Waals surface area contributed by atoms with Crippen LogP contribution >= 0.6 is 0 Å². The van der Waals surface area contributed by atoms with Gasteiger partial charge in [0.05, 0.1) is 24.5 Å². The number of nitrogens with zero attached hydrogens (tertiary/aromatic N) is 3. The van der Waals surface area contributed by atoms with Gasteiger partial charge in [-0.3, -0.25) is 9.59 Å². The number of carbonyl (C=O) groups is 2. The number of hydrogen-bond donors (Lipinski definition) is 1. The molecule has 5 fully saturated rings. The molecule has 0 spiro atoms. The summed E-state index contributed by atoms with van der Waals surface area (Å²) in [6.45, 7) is 4.35. The molecule has 0 radical (unpaired) electrons. The summed E-state index contributed by atoms with van der Waals surface area (Å²) in [7, 11) is -2.03. The van der Waals surface area contributed by atoms with E-state index in [4.69, 9.17) is 4.74 Å². The monoisotopic (exact) mass is 630 g/mol. The van der Waals surface area contributed by atoms with E-state index in [0.29, 0.717) is 18.0 Å². The molecule has 45 heavy (non-hydrogen) atoms. The fourth-order valence-electron chi connectivity index (χ4n) is 9.09. The van der Waals surface area contributed by atoms with E-state index in [1.54, 1.807) is 13.2 Å². The summed E-state index contributed by atoms with van der Waals surface area (Å²) in [5, 5.41) is 1.09. The maximum Gasteiger partial charge on any atom is 0.264 e. The molecule has 2 aromatic carbocycles. The molecule has 2 saturated carbocycles. The molecule has 3 saturated heterocycles. The first-order chi connectivity index (χ1) is 21.7. The molecule has 1 N–H and O–H groups in total. The Morgan fingerprint density at radius 3 is 2.47 bits per heavy atom. The Labute approximate surface area is 264 Å². The lowest BCUT2D eigenvalue weighted by molar-refractivity contribution is -0.140. The highest BCUT2D eigenvalue weighted by Crippen LogP contribution is 2.66. The fourth-order valence-corrected chi connectivity index (χ4v) is 9.54. The van der Waals surface area contributed by atoms with Gasteiger partial charge < -0.3 is 19.1 Å². The predicted molar refractivity (Wildman–Crippen MR) is 173 cm³/mol. The zero-order valence-corrected chi connectivity index (χ0v) is 27.0. The van der Waals surface area contributed by atoms with Crippen molar-refractivity contribution in [1.82, 2.24) is 19.1 Å². The van der Waals surface area contributed by atoms with Gasteiger partial charge >= 0.3 is 0 Å². The number of fused-ring (bicyclic) bond motifs is 11. The van der Waals surface area contributed by atoms with E-state index in [2.05, 4.69) is 31.2 Å². The number of hydrogen-bond acceptors (Lipinski definition) is 6. The molecular formula is C35H42N4O5S. The smallest absolute Gasteiger partial charge is 0.264 e. The minimum Gasteiger partial charge on any atom is -0.497 e. The van der Waals surface area contributed by atoms with Crippen molar-refractivity contribution in [2.24, 2.45) is 5.41 Å². The largest absolute Gasteiger partial charge is 0.497 e. The van der Waals surface area contributed by atoms with Crippen molar-refractivity contribution < 1.29 is 22.7 Å². The lowest BCUT2D eigenvalue weighted by atomic mass is 9.81. The van der Waals surface area contributed by atoms with Gasteiger partial charge in [-0.2, -0.15) is 0 Å². The first-order valence-corrected chi connectivity index (χ1v) is 18.5. The highest BCUT2D eigenvalue weighted by Gasteiger charge is 2.64. The molecule has 5 heterocycles. The average molecular weight is 631 g/mol. The third kappa shape index (κ3) is 4.78. The van der Waals surface area contributed by atoms with Crippen LogP contribution in [0.1, 0.15) is 84.7 Å². The van der Waals surface area contributed by atoms with Crippen molar-refractivity contribution in [3.05, 3.63) is 53.1 Å². The summed E-state index contributed by atoms with van der Waals surface area (Å²) in [4.78, 5) is 32.7. The van der Waals surface area contributed by atoms with Crippen molar-refractivity contribution in [3.63, 3.8) is 0 Å². The number of nitrogens with one attached hydrogen (secondary N) is 1. The van der Waals surface area contributed by atoms with Gasteiger partial charge in [0.15, 0.2) is 0 Å². The molecule has 9 nitrogen and oxygen atoms in total. The van der Waals surface area contributed by atoms with Gasteiger partial charge in [-0.25, -0.2) is 13.1 Å². The van der Waals surface area contributed by atoms with Crippen LogP contribution in [0, 0.1) is 5.41 Å². The van der Waals surface area contributed by atoms with E-state index in [-0.39, 0.29) is 17.9 Å². The van der Waals surface area contributed by atoms with E-state index >= 15 is 0 Å². The predicted octanol–water partition coefficient (Wildman–Crippen LogP) is 4.85. The molecule has 6 aliphatic rings. The summed E-state index contributed by atoms with van der Waals surface area (Å²) >= 11 is 0. The Kier molecular flexibility index (Phi) is 6.84. The lowest BCUT2D eigenvalue weighted by Gasteiger charge is -2.34. The van der Waals surface area contributed by atoms with Crippen LogP contribution < -0.4 is 9.46 Å². The highest BCUT2D eigenvalue weighted by molar-refractivity contribution is 7.89. The van der Waals surface area contributed by atoms with E-state index < -0.39 is 21.3 Å². The molecule has 10 heteroatoms. The number of aromatic nitrogens is 1. The number of methoxy groups -OCH3 is 1. The van der Waals surface area contributed by atoms with Crippen molar-refractivity contribution >= 4 is 32.7 Å². The Morgan fingerprint density at radius 1 is 0.956 bits per heavy atom. The molecule has 1 aromatic heterocycles. The second-order valence-electron chi connectivity index (χ2n) is 14.1. The van der Waals surface area contributed by atoms with Gasteiger partial charge in [-0.05, 0) is 79.5 Å². The number of rotatable bonds is 5. The average Bonchev–Trinajstić information content (AvgIpc) is 3.79. The zero-order valence-electron chi connectivity index (χ0n) is 26.2. The van der Waals surface area contributed by atoms with Gasteiger partial charge in [0, 0.05) is 66.7 Å². The van der Waals surface area contributed by atoms with Crippen LogP contribution in [0.5, 0.6) is 5.75 Å². The summed E-state index contributed by atoms with van der Waals surface area (Å²) in [6, 6.07) is 12.2. The number of sulfonamides is 1. The summed E-state index contributed by atoms with van der Waals surface area (Å²) < 4.78 is 34.1. The van der Waals surface area contributed by atoms with Crippen LogP contribution in [0.15, 0.2) is 36.4 Å². The maximum atomic E-state index is 14.9. The fraction of sp³-hybridized carbons (Fsp3) is 0.543. The van der Waals surface area contributed by atoms with E-state index in [0.717, 1.165) is 92.4 Å². The van der Waals surface area contributed by atoms with Crippen LogP contribution in [-0.4, -0.2) is 80.2 Å². The molecule has 4 aliphatic heterocycles. The van der Waals surface area contributed by atoms with Crippen molar-refractivity contribution in [3.8, 4) is 17.0 Å². The third-order valence-electron chi connectivity index (χ3n) is 11.4. The Hall–Kier alpha value is -3.37. The van der Waals surface area contributed by atoms with Crippen LogP contribution in [0.2, 0.25) is 0 Å². The van der Waals surface area contributed by atoms with Crippen molar-refractivity contribution in [2.75, 3.05) is 39.5 Å². The molecular weight excluding hydrogens is 588 g/mol. The molecule has 238 valence electrons. The normalized spacial score (nSPS) is 27.6. The quantitative estimate of drug-likeness (QED) is 0.433. The first kappa shape index (κ1) is 29.1. The van der Waals surface area contributed by atoms with Gasteiger partial charge in [0.25, 0.3) is 5.91 Å². The van der Waals surface area contributed by atoms with E-state index in [1.165, 1.54) is 30.4 Å². The molecule has 3 aromatic rings. The zero-order chi connectivity index (χ0) is 31.1. The minimum atomic E-state index is -3.72. The second-order valence-corrected chi connectivity index (χ2v) is 15.8. The molecule has 2 atom stereocenters. The number of amides is 2. The standard InChI is InChI=1S/C35H42N4O5S/c1-44-25-9-11-26-28(19-25)29-20-35(29,34(41)38-17-16-37-14-12-24(38)13-15-37)21-39-30-18-23(33(40)36-45(2,42)43)8-10-27(30)31(32(26)39)22-6-4-3-5-7-22/h8-11,18-19,22,24,29H,3-7,12-17,20-21H2,1-2H3,(H,36,40). The van der Waals surface area contributed by atoms with Crippen LogP contribution in [0.4, 0.5) is 0 Å². The van der Waals surface area contributed by atoms with Crippen LogP contribution in [0.25, 0.3) is 22.2 Å². The van der Waals surface area contributed by atoms with Gasteiger partial charge in [-0.15, -0.1) is 0 Å². The minimum absolute atomic E-state index is 0.0849. The second kappa shape index (κ2) is 10.6. The van der Waals surface area contributed by atoms with Crippen LogP contribution in [-0.2, 0) is 21.4 Å². The SMILES string of the molecule is COc1ccc2c(c1)C1CC1(C(=O)N1CCN3CCC1CC3)Cn1c-2c(C2CCCCC2)c2ccc(C(=O)NS(C)(=O)=O)cc21. The Morgan fingerprint density at radius 2 is 1.73 bits per heavy atom.